The molecule has 1 aromatic carbocycles. The lowest BCUT2D eigenvalue weighted by molar-refractivity contribution is 0.618. The van der Waals surface area contributed by atoms with Crippen molar-refractivity contribution in [1.82, 2.24) is 9.78 Å². The van der Waals surface area contributed by atoms with Gasteiger partial charge in [0, 0.05) is 12.2 Å². The van der Waals surface area contributed by atoms with Gasteiger partial charge in [-0.3, -0.25) is 4.68 Å². The Hall–Kier alpha value is -1.07. The van der Waals surface area contributed by atoms with Crippen molar-refractivity contribution in [3.8, 4) is 0 Å². The molecule has 0 bridgehead atoms. The van der Waals surface area contributed by atoms with E-state index < -0.39 is 0 Å². The highest BCUT2D eigenvalue weighted by Crippen LogP contribution is 2.24. The van der Waals surface area contributed by atoms with Crippen molar-refractivity contribution < 1.29 is 4.39 Å². The zero-order valence-corrected chi connectivity index (χ0v) is 13.7. The van der Waals surface area contributed by atoms with Crippen LogP contribution >= 0.6 is 27.5 Å². The van der Waals surface area contributed by atoms with Crippen molar-refractivity contribution in [1.29, 1.82) is 0 Å². The number of nitrogens with one attached hydrogen (secondary N) is 1. The Kier molecular flexibility index (Phi) is 5.05. The highest BCUT2D eigenvalue weighted by atomic mass is 79.9. The number of anilines is 1. The summed E-state index contributed by atoms with van der Waals surface area (Å²) in [6, 6.07) is 4.82. The Bertz CT molecular complexity index is 613. The van der Waals surface area contributed by atoms with Crippen LogP contribution in [0.3, 0.4) is 0 Å². The summed E-state index contributed by atoms with van der Waals surface area (Å²) >= 11 is 9.51. The molecule has 2 aromatic rings. The minimum atomic E-state index is -0.277. The molecule has 1 heterocycles. The van der Waals surface area contributed by atoms with Gasteiger partial charge in [0.15, 0.2) is 0 Å². The predicted molar refractivity (Wildman–Crippen MR) is 83.7 cm³/mol. The van der Waals surface area contributed by atoms with Gasteiger partial charge in [-0.2, -0.15) is 5.10 Å². The predicted octanol–water partition coefficient (Wildman–Crippen LogP) is 4.63. The van der Waals surface area contributed by atoms with Gasteiger partial charge in [0.2, 0.25) is 0 Å². The molecule has 0 aliphatic carbocycles. The van der Waals surface area contributed by atoms with E-state index in [1.807, 2.05) is 18.5 Å². The second-order valence-electron chi connectivity index (χ2n) is 4.36. The lowest BCUT2D eigenvalue weighted by Crippen LogP contribution is -2.08. The molecule has 0 saturated carbocycles. The fourth-order valence-corrected chi connectivity index (χ4v) is 2.69. The maximum Gasteiger partial charge on any atom is 0.137 e. The first-order valence-corrected chi connectivity index (χ1v) is 7.66. The monoisotopic (exact) mass is 359 g/mol. The van der Waals surface area contributed by atoms with Crippen molar-refractivity contribution in [3.63, 3.8) is 0 Å². The summed E-state index contributed by atoms with van der Waals surface area (Å²) in [5.41, 5.74) is 2.69. The Morgan fingerprint density at radius 3 is 2.75 bits per heavy atom. The van der Waals surface area contributed by atoms with Crippen LogP contribution in [-0.4, -0.2) is 9.78 Å². The standard InChI is InChI=1S/C14H16BrClFN3/c1-3-12-14(16)13(20(4-2)19-12)8-18-9-5-6-11(17)10(15)7-9/h5-7,18H,3-4,8H2,1-2H3. The van der Waals surface area contributed by atoms with Crippen LogP contribution in [0, 0.1) is 5.82 Å². The fourth-order valence-electron chi connectivity index (χ4n) is 1.98. The smallest absolute Gasteiger partial charge is 0.137 e. The van der Waals surface area contributed by atoms with Crippen LogP contribution in [0.4, 0.5) is 10.1 Å². The summed E-state index contributed by atoms with van der Waals surface area (Å²) in [6.07, 6.45) is 0.806. The molecular weight excluding hydrogens is 345 g/mol. The molecule has 0 aliphatic heterocycles. The first-order valence-electron chi connectivity index (χ1n) is 6.49. The highest BCUT2D eigenvalue weighted by Gasteiger charge is 2.14. The number of halogens is 3. The van der Waals surface area contributed by atoms with Crippen LogP contribution < -0.4 is 5.32 Å². The van der Waals surface area contributed by atoms with Gasteiger partial charge in [-0.05, 0) is 47.5 Å². The summed E-state index contributed by atoms with van der Waals surface area (Å²) in [5.74, 6) is -0.277. The molecule has 0 amide bonds. The Labute approximate surface area is 131 Å². The van der Waals surface area contributed by atoms with Crippen molar-refractivity contribution in [2.24, 2.45) is 0 Å². The van der Waals surface area contributed by atoms with E-state index in [-0.39, 0.29) is 5.82 Å². The molecule has 0 saturated heterocycles. The number of benzene rings is 1. The minimum Gasteiger partial charge on any atom is -0.379 e. The molecule has 6 heteroatoms. The molecule has 0 aliphatic rings. The Morgan fingerprint density at radius 1 is 1.40 bits per heavy atom. The summed E-state index contributed by atoms with van der Waals surface area (Å²) in [4.78, 5) is 0. The van der Waals surface area contributed by atoms with Crippen molar-refractivity contribution in [2.45, 2.75) is 33.4 Å². The van der Waals surface area contributed by atoms with E-state index in [0.717, 1.165) is 30.0 Å². The Balaban J connectivity index is 2.17. The SMILES string of the molecule is CCc1nn(CC)c(CNc2ccc(F)c(Br)c2)c1Cl. The molecular formula is C14H16BrClFN3. The van der Waals surface area contributed by atoms with Crippen molar-refractivity contribution in [3.05, 3.63) is 44.9 Å². The third-order valence-corrected chi connectivity index (χ3v) is 4.12. The lowest BCUT2D eigenvalue weighted by atomic mass is 10.2. The van der Waals surface area contributed by atoms with E-state index in [1.54, 1.807) is 12.1 Å². The molecule has 3 nitrogen and oxygen atoms in total. The van der Waals surface area contributed by atoms with Gasteiger partial charge in [0.1, 0.15) is 5.82 Å². The third-order valence-electron chi connectivity index (χ3n) is 3.07. The van der Waals surface area contributed by atoms with E-state index in [2.05, 4.69) is 26.3 Å². The summed E-state index contributed by atoms with van der Waals surface area (Å²) in [6.45, 7) is 5.38. The van der Waals surface area contributed by atoms with Gasteiger partial charge in [-0.25, -0.2) is 4.39 Å². The minimum absolute atomic E-state index is 0.277. The highest BCUT2D eigenvalue weighted by molar-refractivity contribution is 9.10. The maximum absolute atomic E-state index is 13.2. The van der Waals surface area contributed by atoms with Gasteiger partial charge in [-0.1, -0.05) is 18.5 Å². The van der Waals surface area contributed by atoms with E-state index in [4.69, 9.17) is 11.6 Å². The molecule has 2 rings (SSSR count). The average molecular weight is 361 g/mol. The van der Waals surface area contributed by atoms with Crippen molar-refractivity contribution in [2.75, 3.05) is 5.32 Å². The zero-order valence-electron chi connectivity index (χ0n) is 11.4. The van der Waals surface area contributed by atoms with E-state index in [9.17, 15) is 4.39 Å². The lowest BCUT2D eigenvalue weighted by Gasteiger charge is -2.09. The first-order chi connectivity index (χ1) is 9.56. The third kappa shape index (κ3) is 3.15. The molecule has 0 fully saturated rings. The van der Waals surface area contributed by atoms with Gasteiger partial charge < -0.3 is 5.32 Å². The van der Waals surface area contributed by atoms with Crippen LogP contribution in [0.15, 0.2) is 22.7 Å². The average Bonchev–Trinajstić information content (AvgIpc) is 2.76. The van der Waals surface area contributed by atoms with Crippen LogP contribution in [0.1, 0.15) is 25.2 Å². The van der Waals surface area contributed by atoms with E-state index >= 15 is 0 Å². The number of nitrogens with zero attached hydrogens (tertiary/aromatic N) is 2. The van der Waals surface area contributed by atoms with Gasteiger partial charge >= 0.3 is 0 Å². The van der Waals surface area contributed by atoms with Gasteiger partial charge in [0.05, 0.1) is 27.4 Å². The van der Waals surface area contributed by atoms with Gasteiger partial charge in [0.25, 0.3) is 0 Å². The van der Waals surface area contributed by atoms with Crippen LogP contribution in [0.5, 0.6) is 0 Å². The number of hydrogen-bond acceptors (Lipinski definition) is 2. The second-order valence-corrected chi connectivity index (χ2v) is 5.59. The molecule has 0 spiro atoms. The number of aryl methyl sites for hydroxylation is 2. The molecule has 0 radical (unpaired) electrons. The molecule has 1 aromatic heterocycles. The quantitative estimate of drug-likeness (QED) is 0.842. The fraction of sp³-hybridized carbons (Fsp3) is 0.357. The van der Waals surface area contributed by atoms with E-state index in [0.29, 0.717) is 16.0 Å². The summed E-state index contributed by atoms with van der Waals surface area (Å²) in [7, 11) is 0. The van der Waals surface area contributed by atoms with Crippen LogP contribution in [-0.2, 0) is 19.5 Å². The second kappa shape index (κ2) is 6.59. The van der Waals surface area contributed by atoms with Crippen LogP contribution in [0.2, 0.25) is 5.02 Å². The summed E-state index contributed by atoms with van der Waals surface area (Å²) < 4.78 is 15.5. The normalized spacial score (nSPS) is 10.8. The van der Waals surface area contributed by atoms with Gasteiger partial charge in [-0.15, -0.1) is 0 Å². The molecule has 0 atom stereocenters. The molecule has 20 heavy (non-hydrogen) atoms. The van der Waals surface area contributed by atoms with E-state index in [1.165, 1.54) is 6.07 Å². The Morgan fingerprint density at radius 2 is 2.15 bits per heavy atom. The first kappa shape index (κ1) is 15.3. The number of rotatable bonds is 5. The van der Waals surface area contributed by atoms with Crippen LogP contribution in [0.25, 0.3) is 0 Å². The largest absolute Gasteiger partial charge is 0.379 e. The molecule has 0 unspecified atom stereocenters. The number of aromatic nitrogens is 2. The maximum atomic E-state index is 13.2. The molecule has 1 N–H and O–H groups in total. The topological polar surface area (TPSA) is 29.9 Å². The zero-order chi connectivity index (χ0) is 14.7. The number of hydrogen-bond donors (Lipinski definition) is 1. The van der Waals surface area contributed by atoms with Crippen molar-refractivity contribution >= 4 is 33.2 Å². The molecule has 108 valence electrons. The summed E-state index contributed by atoms with van der Waals surface area (Å²) in [5, 5.41) is 8.42.